The van der Waals surface area contributed by atoms with Crippen molar-refractivity contribution in [1.82, 2.24) is 5.32 Å². The Kier molecular flexibility index (Phi) is 6.29. The highest BCUT2D eigenvalue weighted by Gasteiger charge is 2.12. The van der Waals surface area contributed by atoms with Crippen LogP contribution in [0.1, 0.15) is 18.4 Å². The third-order valence-corrected chi connectivity index (χ3v) is 2.51. The maximum absolute atomic E-state index is 10.7. The second-order valence-corrected chi connectivity index (χ2v) is 4.02. The van der Waals surface area contributed by atoms with Gasteiger partial charge in [0.25, 0.3) is 0 Å². The Morgan fingerprint density at radius 2 is 2.00 bits per heavy atom. The first-order valence-corrected chi connectivity index (χ1v) is 5.82. The molecule has 17 heavy (non-hydrogen) atoms. The van der Waals surface area contributed by atoms with Crippen molar-refractivity contribution in [2.24, 2.45) is 0 Å². The van der Waals surface area contributed by atoms with Crippen LogP contribution in [0.15, 0.2) is 30.3 Å². The fourth-order valence-corrected chi connectivity index (χ4v) is 1.71. The molecule has 0 saturated heterocycles. The zero-order valence-corrected chi connectivity index (χ0v) is 9.80. The van der Waals surface area contributed by atoms with Crippen molar-refractivity contribution in [3.8, 4) is 0 Å². The molecule has 0 aliphatic carbocycles. The maximum atomic E-state index is 10.7. The second kappa shape index (κ2) is 7.81. The van der Waals surface area contributed by atoms with Crippen molar-refractivity contribution in [2.45, 2.75) is 25.3 Å². The first-order chi connectivity index (χ1) is 8.22. The maximum Gasteiger partial charge on any atom is 0.304 e. The number of benzene rings is 1. The van der Waals surface area contributed by atoms with Crippen LogP contribution < -0.4 is 5.32 Å². The molecule has 0 fully saturated rings. The quantitative estimate of drug-likeness (QED) is 0.591. The van der Waals surface area contributed by atoms with Gasteiger partial charge >= 0.3 is 5.97 Å². The highest BCUT2D eigenvalue weighted by molar-refractivity contribution is 5.67. The van der Waals surface area contributed by atoms with Gasteiger partial charge in [0.2, 0.25) is 0 Å². The minimum absolute atomic E-state index is 0.0820. The molecule has 1 aromatic carbocycles. The molecule has 4 heteroatoms. The van der Waals surface area contributed by atoms with Crippen LogP contribution in [-0.4, -0.2) is 35.4 Å². The summed E-state index contributed by atoms with van der Waals surface area (Å²) in [5.41, 5.74) is 1.12. The van der Waals surface area contributed by atoms with E-state index in [9.17, 15) is 4.79 Å². The summed E-state index contributed by atoms with van der Waals surface area (Å²) in [5, 5.41) is 20.7. The van der Waals surface area contributed by atoms with Gasteiger partial charge in [-0.25, -0.2) is 0 Å². The molecule has 0 aliphatic heterocycles. The van der Waals surface area contributed by atoms with E-state index in [1.54, 1.807) is 0 Å². The molecule has 0 spiro atoms. The van der Waals surface area contributed by atoms with Gasteiger partial charge in [0.15, 0.2) is 0 Å². The zero-order chi connectivity index (χ0) is 12.5. The standard InChI is InChI=1S/C13H19NO3/c15-8-4-7-14-12(10-13(16)17)9-11-5-2-1-3-6-11/h1-3,5-6,12,14-15H,4,7-10H2,(H,16,17). The molecule has 0 aliphatic rings. The zero-order valence-electron chi connectivity index (χ0n) is 9.80. The average molecular weight is 237 g/mol. The molecule has 3 N–H and O–H groups in total. The van der Waals surface area contributed by atoms with E-state index in [2.05, 4.69) is 5.32 Å². The molecule has 94 valence electrons. The fraction of sp³-hybridized carbons (Fsp3) is 0.462. The Morgan fingerprint density at radius 1 is 1.29 bits per heavy atom. The molecular weight excluding hydrogens is 218 g/mol. The first kappa shape index (κ1) is 13.7. The van der Waals surface area contributed by atoms with Gasteiger partial charge in [0.1, 0.15) is 0 Å². The summed E-state index contributed by atoms with van der Waals surface area (Å²) in [7, 11) is 0. The number of rotatable bonds is 8. The van der Waals surface area contributed by atoms with Crippen molar-refractivity contribution in [3.05, 3.63) is 35.9 Å². The van der Waals surface area contributed by atoms with E-state index in [-0.39, 0.29) is 19.1 Å². The van der Waals surface area contributed by atoms with E-state index in [1.165, 1.54) is 0 Å². The average Bonchev–Trinajstić information content (AvgIpc) is 2.30. The third-order valence-electron chi connectivity index (χ3n) is 2.51. The van der Waals surface area contributed by atoms with Crippen LogP contribution in [0, 0.1) is 0 Å². The summed E-state index contributed by atoms with van der Waals surface area (Å²) < 4.78 is 0. The van der Waals surface area contributed by atoms with E-state index in [4.69, 9.17) is 10.2 Å². The lowest BCUT2D eigenvalue weighted by Gasteiger charge is -2.16. The molecule has 0 heterocycles. The summed E-state index contributed by atoms with van der Waals surface area (Å²) in [5.74, 6) is -0.803. The lowest BCUT2D eigenvalue weighted by molar-refractivity contribution is -0.137. The number of nitrogens with one attached hydrogen (secondary N) is 1. The number of aliphatic hydroxyl groups is 1. The van der Waals surface area contributed by atoms with Crippen molar-refractivity contribution in [2.75, 3.05) is 13.2 Å². The highest BCUT2D eigenvalue weighted by atomic mass is 16.4. The number of hydrogen-bond donors (Lipinski definition) is 3. The topological polar surface area (TPSA) is 69.6 Å². The number of aliphatic hydroxyl groups excluding tert-OH is 1. The minimum Gasteiger partial charge on any atom is -0.481 e. The van der Waals surface area contributed by atoms with Gasteiger partial charge in [-0.3, -0.25) is 4.79 Å². The lowest BCUT2D eigenvalue weighted by atomic mass is 10.0. The Balaban J connectivity index is 2.48. The van der Waals surface area contributed by atoms with Gasteiger partial charge in [-0.1, -0.05) is 30.3 Å². The van der Waals surface area contributed by atoms with E-state index in [0.29, 0.717) is 19.4 Å². The minimum atomic E-state index is -0.803. The largest absolute Gasteiger partial charge is 0.481 e. The van der Waals surface area contributed by atoms with Gasteiger partial charge in [-0.15, -0.1) is 0 Å². The normalized spacial score (nSPS) is 12.3. The predicted octanol–water partition coefficient (Wildman–Crippen LogP) is 1.04. The smallest absolute Gasteiger partial charge is 0.304 e. The third kappa shape index (κ3) is 6.04. The highest BCUT2D eigenvalue weighted by Crippen LogP contribution is 2.06. The van der Waals surface area contributed by atoms with Crippen LogP contribution in [0.3, 0.4) is 0 Å². The van der Waals surface area contributed by atoms with Crippen LogP contribution in [-0.2, 0) is 11.2 Å². The van der Waals surface area contributed by atoms with E-state index in [1.807, 2.05) is 30.3 Å². The summed E-state index contributed by atoms with van der Waals surface area (Å²) in [6.45, 7) is 0.763. The van der Waals surface area contributed by atoms with Crippen molar-refractivity contribution < 1.29 is 15.0 Å². The van der Waals surface area contributed by atoms with E-state index >= 15 is 0 Å². The molecule has 1 rings (SSSR count). The molecule has 1 atom stereocenters. The summed E-state index contributed by atoms with van der Waals surface area (Å²) in [6, 6.07) is 9.73. The molecule has 0 saturated carbocycles. The number of carboxylic acid groups (broad SMARTS) is 1. The molecule has 0 amide bonds. The van der Waals surface area contributed by atoms with Crippen LogP contribution in [0.5, 0.6) is 0 Å². The first-order valence-electron chi connectivity index (χ1n) is 5.82. The van der Waals surface area contributed by atoms with Gasteiger partial charge in [0.05, 0.1) is 6.42 Å². The van der Waals surface area contributed by atoms with Gasteiger partial charge in [0, 0.05) is 12.6 Å². The summed E-state index contributed by atoms with van der Waals surface area (Å²) in [6.07, 6.45) is 1.43. The Bertz CT molecular complexity index is 327. The summed E-state index contributed by atoms with van der Waals surface area (Å²) >= 11 is 0. The fourth-order valence-electron chi connectivity index (χ4n) is 1.71. The van der Waals surface area contributed by atoms with E-state index < -0.39 is 5.97 Å². The van der Waals surface area contributed by atoms with Crippen LogP contribution in [0.25, 0.3) is 0 Å². The number of hydrogen-bond acceptors (Lipinski definition) is 3. The number of aliphatic carboxylic acids is 1. The molecular formula is C13H19NO3. The predicted molar refractivity (Wildman–Crippen MR) is 65.9 cm³/mol. The molecule has 0 bridgehead atoms. The molecule has 0 aromatic heterocycles. The molecule has 1 unspecified atom stereocenters. The SMILES string of the molecule is O=C(O)CC(Cc1ccccc1)NCCCO. The van der Waals surface area contributed by atoms with E-state index in [0.717, 1.165) is 5.56 Å². The van der Waals surface area contributed by atoms with Crippen molar-refractivity contribution >= 4 is 5.97 Å². The van der Waals surface area contributed by atoms with Crippen molar-refractivity contribution in [3.63, 3.8) is 0 Å². The van der Waals surface area contributed by atoms with Crippen LogP contribution >= 0.6 is 0 Å². The molecule has 1 aromatic rings. The summed E-state index contributed by atoms with van der Waals surface area (Å²) in [4.78, 5) is 10.7. The molecule has 4 nitrogen and oxygen atoms in total. The van der Waals surface area contributed by atoms with Gasteiger partial charge < -0.3 is 15.5 Å². The van der Waals surface area contributed by atoms with Crippen molar-refractivity contribution in [1.29, 1.82) is 0 Å². The van der Waals surface area contributed by atoms with Crippen LogP contribution in [0.2, 0.25) is 0 Å². The second-order valence-electron chi connectivity index (χ2n) is 4.02. The monoisotopic (exact) mass is 237 g/mol. The Labute approximate surface area is 101 Å². The number of carboxylic acids is 1. The Morgan fingerprint density at radius 3 is 2.59 bits per heavy atom. The van der Waals surface area contributed by atoms with Crippen LogP contribution in [0.4, 0.5) is 0 Å². The number of carbonyl (C=O) groups is 1. The lowest BCUT2D eigenvalue weighted by Crippen LogP contribution is -2.34. The Hall–Kier alpha value is -1.39. The van der Waals surface area contributed by atoms with Gasteiger partial charge in [-0.2, -0.15) is 0 Å². The van der Waals surface area contributed by atoms with Gasteiger partial charge in [-0.05, 0) is 24.9 Å². The molecule has 0 radical (unpaired) electrons.